The first-order chi connectivity index (χ1) is 10.1. The first-order valence-corrected chi connectivity index (χ1v) is 7.59. The van der Waals surface area contributed by atoms with E-state index in [-0.39, 0.29) is 11.9 Å². The molecule has 114 valence electrons. The van der Waals surface area contributed by atoms with Crippen LogP contribution in [0.2, 0.25) is 0 Å². The molecular weight excluding hydrogens is 266 g/mol. The number of piperazine rings is 1. The van der Waals surface area contributed by atoms with Crippen LogP contribution in [-0.4, -0.2) is 54.5 Å². The third-order valence-corrected chi connectivity index (χ3v) is 4.68. The van der Waals surface area contributed by atoms with Crippen molar-refractivity contribution in [3.63, 3.8) is 0 Å². The number of rotatable bonds is 2. The minimum atomic E-state index is 0.0261. The van der Waals surface area contributed by atoms with E-state index in [4.69, 9.17) is 10.5 Å². The molecule has 21 heavy (non-hydrogen) atoms. The van der Waals surface area contributed by atoms with E-state index in [0.29, 0.717) is 23.0 Å². The van der Waals surface area contributed by atoms with Gasteiger partial charge in [-0.25, -0.2) is 0 Å². The van der Waals surface area contributed by atoms with Crippen molar-refractivity contribution >= 4 is 11.6 Å². The van der Waals surface area contributed by atoms with Crippen LogP contribution in [0.15, 0.2) is 18.2 Å². The number of para-hydroxylation sites is 1. The highest BCUT2D eigenvalue weighted by molar-refractivity contribution is 5.99. The largest absolute Gasteiger partial charge is 0.494 e. The van der Waals surface area contributed by atoms with E-state index in [1.54, 1.807) is 19.2 Å². The minimum absolute atomic E-state index is 0.0261. The number of ether oxygens (including phenoxy) is 1. The molecule has 2 N–H and O–H groups in total. The number of fused-ring (bicyclic) bond motifs is 1. The number of benzene rings is 1. The lowest BCUT2D eigenvalue weighted by atomic mass is 10.0. The number of hydrogen-bond acceptors (Lipinski definition) is 4. The monoisotopic (exact) mass is 289 g/mol. The summed E-state index contributed by atoms with van der Waals surface area (Å²) in [7, 11) is 1.56. The van der Waals surface area contributed by atoms with Gasteiger partial charge in [0, 0.05) is 25.2 Å². The van der Waals surface area contributed by atoms with Crippen LogP contribution in [0.25, 0.3) is 0 Å². The zero-order chi connectivity index (χ0) is 15.0. The van der Waals surface area contributed by atoms with Crippen LogP contribution in [0.3, 0.4) is 0 Å². The second-order valence-electron chi connectivity index (χ2n) is 6.03. The molecule has 0 saturated carbocycles. The van der Waals surface area contributed by atoms with E-state index in [2.05, 4.69) is 11.8 Å². The average Bonchev–Trinajstić information content (AvgIpc) is 2.92. The number of nitrogen functional groups attached to an aromatic ring is 1. The van der Waals surface area contributed by atoms with Gasteiger partial charge in [-0.3, -0.25) is 9.69 Å². The Labute approximate surface area is 125 Å². The summed E-state index contributed by atoms with van der Waals surface area (Å²) in [5.41, 5.74) is 6.99. The van der Waals surface area contributed by atoms with Gasteiger partial charge >= 0.3 is 0 Å². The van der Waals surface area contributed by atoms with Crippen LogP contribution in [-0.2, 0) is 0 Å². The summed E-state index contributed by atoms with van der Waals surface area (Å²) in [6, 6.07) is 6.09. The molecular formula is C16H23N3O2. The Hall–Kier alpha value is -1.75. The van der Waals surface area contributed by atoms with Crippen molar-refractivity contribution in [2.75, 3.05) is 32.5 Å². The first-order valence-electron chi connectivity index (χ1n) is 7.59. The van der Waals surface area contributed by atoms with Crippen molar-refractivity contribution in [2.45, 2.75) is 31.8 Å². The van der Waals surface area contributed by atoms with E-state index in [1.165, 1.54) is 19.4 Å². The number of carbonyl (C=O) groups is 1. The van der Waals surface area contributed by atoms with E-state index < -0.39 is 0 Å². The standard InChI is InChI=1S/C16H23N3O2/c1-11-9-18-8-4-5-12(18)10-19(11)16(20)13-6-3-7-14(17)15(13)21-2/h3,6-7,11-12H,4-5,8-10,17H2,1-2H3. The maximum atomic E-state index is 12.9. The van der Waals surface area contributed by atoms with Crippen LogP contribution in [0.5, 0.6) is 5.75 Å². The van der Waals surface area contributed by atoms with Gasteiger partial charge in [0.05, 0.1) is 18.4 Å². The molecule has 2 saturated heterocycles. The minimum Gasteiger partial charge on any atom is -0.494 e. The van der Waals surface area contributed by atoms with Crippen molar-refractivity contribution in [1.82, 2.24) is 9.80 Å². The second-order valence-corrected chi connectivity index (χ2v) is 6.03. The SMILES string of the molecule is COc1c(N)cccc1C(=O)N1CC2CCCN2CC1C. The molecule has 3 rings (SSSR count). The van der Waals surface area contributed by atoms with E-state index in [9.17, 15) is 4.79 Å². The van der Waals surface area contributed by atoms with Crippen molar-refractivity contribution in [3.05, 3.63) is 23.8 Å². The Morgan fingerprint density at radius 2 is 2.19 bits per heavy atom. The van der Waals surface area contributed by atoms with Gasteiger partial charge < -0.3 is 15.4 Å². The number of amides is 1. The molecule has 2 unspecified atom stereocenters. The molecule has 2 aliphatic rings. The van der Waals surface area contributed by atoms with Crippen molar-refractivity contribution in [1.29, 1.82) is 0 Å². The van der Waals surface area contributed by atoms with Gasteiger partial charge in [0.1, 0.15) is 0 Å². The van der Waals surface area contributed by atoms with Crippen LogP contribution < -0.4 is 10.5 Å². The topological polar surface area (TPSA) is 58.8 Å². The molecule has 0 radical (unpaired) electrons. The third kappa shape index (κ3) is 2.46. The molecule has 2 fully saturated rings. The zero-order valence-electron chi connectivity index (χ0n) is 12.7. The lowest BCUT2D eigenvalue weighted by Crippen LogP contribution is -2.56. The summed E-state index contributed by atoms with van der Waals surface area (Å²) in [4.78, 5) is 17.4. The summed E-state index contributed by atoms with van der Waals surface area (Å²) in [5, 5.41) is 0. The van der Waals surface area contributed by atoms with Gasteiger partial charge in [-0.05, 0) is 38.4 Å². The number of nitrogens with zero attached hydrogens (tertiary/aromatic N) is 2. The van der Waals surface area contributed by atoms with Gasteiger partial charge in [0.15, 0.2) is 5.75 Å². The van der Waals surface area contributed by atoms with Gasteiger partial charge in [-0.2, -0.15) is 0 Å². The average molecular weight is 289 g/mol. The number of anilines is 1. The fourth-order valence-corrected chi connectivity index (χ4v) is 3.58. The fourth-order valence-electron chi connectivity index (χ4n) is 3.58. The summed E-state index contributed by atoms with van der Waals surface area (Å²) < 4.78 is 5.33. The molecule has 0 aromatic heterocycles. The van der Waals surface area contributed by atoms with Crippen LogP contribution in [0, 0.1) is 0 Å². The van der Waals surface area contributed by atoms with E-state index in [0.717, 1.165) is 13.1 Å². The summed E-state index contributed by atoms with van der Waals surface area (Å²) in [5.74, 6) is 0.516. The van der Waals surface area contributed by atoms with Crippen molar-refractivity contribution in [3.8, 4) is 5.75 Å². The Morgan fingerprint density at radius 3 is 2.95 bits per heavy atom. The summed E-state index contributed by atoms with van der Waals surface area (Å²) in [6.45, 7) is 5.04. The van der Waals surface area contributed by atoms with E-state index >= 15 is 0 Å². The number of carbonyl (C=O) groups excluding carboxylic acids is 1. The summed E-state index contributed by atoms with van der Waals surface area (Å²) in [6.07, 6.45) is 2.42. The Kier molecular flexibility index (Phi) is 3.76. The molecule has 5 nitrogen and oxygen atoms in total. The smallest absolute Gasteiger partial charge is 0.258 e. The quantitative estimate of drug-likeness (QED) is 0.840. The van der Waals surface area contributed by atoms with Crippen LogP contribution in [0.1, 0.15) is 30.1 Å². The molecule has 1 aromatic carbocycles. The lowest BCUT2D eigenvalue weighted by molar-refractivity contribution is 0.0393. The normalized spacial score (nSPS) is 25.7. The van der Waals surface area contributed by atoms with Gasteiger partial charge in [0.2, 0.25) is 0 Å². The van der Waals surface area contributed by atoms with Gasteiger partial charge in [-0.1, -0.05) is 6.07 Å². The molecule has 0 bridgehead atoms. The molecule has 5 heteroatoms. The second kappa shape index (κ2) is 5.56. The zero-order valence-corrected chi connectivity index (χ0v) is 12.7. The Balaban J connectivity index is 1.86. The highest BCUT2D eigenvalue weighted by Gasteiger charge is 2.37. The molecule has 2 atom stereocenters. The molecule has 2 aliphatic heterocycles. The van der Waals surface area contributed by atoms with Crippen LogP contribution >= 0.6 is 0 Å². The van der Waals surface area contributed by atoms with Crippen molar-refractivity contribution < 1.29 is 9.53 Å². The highest BCUT2D eigenvalue weighted by Crippen LogP contribution is 2.30. The molecule has 0 spiro atoms. The Bertz CT molecular complexity index is 546. The number of nitrogens with two attached hydrogens (primary N) is 1. The molecule has 1 aromatic rings. The first kappa shape index (κ1) is 14.2. The fraction of sp³-hybridized carbons (Fsp3) is 0.562. The predicted molar refractivity (Wildman–Crippen MR) is 82.5 cm³/mol. The van der Waals surface area contributed by atoms with Crippen molar-refractivity contribution in [2.24, 2.45) is 0 Å². The Morgan fingerprint density at radius 1 is 1.38 bits per heavy atom. The van der Waals surface area contributed by atoms with E-state index in [1.807, 2.05) is 11.0 Å². The number of hydrogen-bond donors (Lipinski definition) is 1. The molecule has 2 heterocycles. The molecule has 1 amide bonds. The van der Waals surface area contributed by atoms with Gasteiger partial charge in [0.25, 0.3) is 5.91 Å². The third-order valence-electron chi connectivity index (χ3n) is 4.68. The summed E-state index contributed by atoms with van der Waals surface area (Å²) >= 11 is 0. The lowest BCUT2D eigenvalue weighted by Gasteiger charge is -2.42. The maximum absolute atomic E-state index is 12.9. The van der Waals surface area contributed by atoms with Crippen LogP contribution in [0.4, 0.5) is 5.69 Å². The van der Waals surface area contributed by atoms with Gasteiger partial charge in [-0.15, -0.1) is 0 Å². The number of methoxy groups -OCH3 is 1. The highest BCUT2D eigenvalue weighted by atomic mass is 16.5. The molecule has 0 aliphatic carbocycles. The maximum Gasteiger partial charge on any atom is 0.258 e. The predicted octanol–water partition coefficient (Wildman–Crippen LogP) is 1.59.